The number of aryl methyl sites for hydroxylation is 2. The summed E-state index contributed by atoms with van der Waals surface area (Å²) in [4.78, 5) is 38.7. The predicted molar refractivity (Wildman–Crippen MR) is 135 cm³/mol. The zero-order chi connectivity index (χ0) is 23.6. The molecule has 176 valence electrons. The molecule has 1 atom stereocenters. The third kappa shape index (κ3) is 8.46. The van der Waals surface area contributed by atoms with Crippen molar-refractivity contribution in [3.63, 3.8) is 0 Å². The van der Waals surface area contributed by atoms with Crippen LogP contribution in [0.15, 0.2) is 48.5 Å². The van der Waals surface area contributed by atoms with Gasteiger partial charge in [-0.1, -0.05) is 35.4 Å². The summed E-state index contributed by atoms with van der Waals surface area (Å²) in [6, 6.07) is 15.0. The third-order valence-electron chi connectivity index (χ3n) is 5.53. The molecule has 1 aliphatic rings. The quantitative estimate of drug-likeness (QED) is 0.545. The highest BCUT2D eigenvalue weighted by Crippen LogP contribution is 2.18. The van der Waals surface area contributed by atoms with Crippen LogP contribution in [0.25, 0.3) is 0 Å². The topological polar surface area (TPSA) is 90.5 Å². The average molecular weight is 469 g/mol. The van der Waals surface area contributed by atoms with Gasteiger partial charge in [-0.3, -0.25) is 9.59 Å². The summed E-state index contributed by atoms with van der Waals surface area (Å²) in [6.45, 7) is 5.86. The Morgan fingerprint density at radius 2 is 1.52 bits per heavy atom. The van der Waals surface area contributed by atoms with Crippen molar-refractivity contribution in [1.82, 2.24) is 10.2 Å². The van der Waals surface area contributed by atoms with E-state index in [1.807, 2.05) is 67.3 Å². The summed E-state index contributed by atoms with van der Waals surface area (Å²) in [5.41, 5.74) is 3.78. The van der Waals surface area contributed by atoms with Gasteiger partial charge in [-0.05, 0) is 56.9 Å². The lowest BCUT2D eigenvalue weighted by Crippen LogP contribution is -2.45. The Morgan fingerprint density at radius 1 is 0.909 bits per heavy atom. The maximum absolute atomic E-state index is 12.6. The van der Waals surface area contributed by atoms with Gasteiger partial charge in [0, 0.05) is 31.0 Å². The van der Waals surface area contributed by atoms with Crippen LogP contribution in [-0.2, 0) is 9.59 Å². The second-order valence-corrected chi connectivity index (χ2v) is 9.44. The second-order valence-electron chi connectivity index (χ2n) is 8.46. The van der Waals surface area contributed by atoms with Crippen LogP contribution in [0.1, 0.15) is 24.0 Å². The van der Waals surface area contributed by atoms with Crippen LogP contribution < -0.4 is 16.0 Å². The van der Waals surface area contributed by atoms with Gasteiger partial charge in [0.2, 0.25) is 11.8 Å². The van der Waals surface area contributed by atoms with E-state index in [1.165, 1.54) is 11.8 Å². The number of piperidine rings is 1. The fourth-order valence-corrected chi connectivity index (χ4v) is 4.38. The summed E-state index contributed by atoms with van der Waals surface area (Å²) in [5, 5.41) is 8.59. The first kappa shape index (κ1) is 24.6. The van der Waals surface area contributed by atoms with Gasteiger partial charge in [0.25, 0.3) is 0 Å². The monoisotopic (exact) mass is 468 g/mol. The minimum atomic E-state index is -0.238. The molecule has 0 aliphatic carbocycles. The van der Waals surface area contributed by atoms with E-state index in [0.29, 0.717) is 13.1 Å². The van der Waals surface area contributed by atoms with Crippen LogP contribution in [0.2, 0.25) is 0 Å². The highest BCUT2D eigenvalue weighted by Gasteiger charge is 2.24. The van der Waals surface area contributed by atoms with Gasteiger partial charge in [0.1, 0.15) is 0 Å². The largest absolute Gasteiger partial charge is 0.342 e. The van der Waals surface area contributed by atoms with E-state index in [4.69, 9.17) is 0 Å². The van der Waals surface area contributed by atoms with E-state index < -0.39 is 0 Å². The summed E-state index contributed by atoms with van der Waals surface area (Å²) in [5.74, 6) is 0.655. The van der Waals surface area contributed by atoms with Crippen molar-refractivity contribution < 1.29 is 14.4 Å². The summed E-state index contributed by atoms with van der Waals surface area (Å²) >= 11 is 1.32. The molecule has 0 saturated carbocycles. The number of thioether (sulfide) groups is 1. The lowest BCUT2D eigenvalue weighted by atomic mass is 9.98. The first-order valence-corrected chi connectivity index (χ1v) is 12.4. The van der Waals surface area contributed by atoms with Crippen molar-refractivity contribution in [3.05, 3.63) is 59.7 Å². The molecule has 7 nitrogen and oxygen atoms in total. The molecule has 3 N–H and O–H groups in total. The van der Waals surface area contributed by atoms with Crippen molar-refractivity contribution >= 4 is 41.0 Å². The molecule has 3 rings (SSSR count). The Balaban J connectivity index is 1.34. The molecule has 0 spiro atoms. The number of carbonyl (C=O) groups is 3. The lowest BCUT2D eigenvalue weighted by molar-refractivity contribution is -0.130. The van der Waals surface area contributed by atoms with Crippen LogP contribution >= 0.6 is 11.8 Å². The van der Waals surface area contributed by atoms with Crippen LogP contribution in [0.4, 0.5) is 16.2 Å². The fourth-order valence-electron chi connectivity index (χ4n) is 3.66. The van der Waals surface area contributed by atoms with Gasteiger partial charge >= 0.3 is 6.03 Å². The number of nitrogens with zero attached hydrogens (tertiary/aromatic N) is 1. The highest BCUT2D eigenvalue weighted by molar-refractivity contribution is 8.00. The minimum absolute atomic E-state index is 0.0388. The number of anilines is 2. The molecule has 1 heterocycles. The first-order chi connectivity index (χ1) is 15.9. The lowest BCUT2D eigenvalue weighted by Gasteiger charge is -2.32. The molecule has 0 radical (unpaired) electrons. The number of rotatable bonds is 8. The van der Waals surface area contributed by atoms with Gasteiger partial charge in [-0.15, -0.1) is 11.8 Å². The zero-order valence-electron chi connectivity index (χ0n) is 19.2. The van der Waals surface area contributed by atoms with Crippen LogP contribution in [-0.4, -0.2) is 53.9 Å². The van der Waals surface area contributed by atoms with Gasteiger partial charge < -0.3 is 20.9 Å². The minimum Gasteiger partial charge on any atom is -0.342 e. The molecule has 1 saturated heterocycles. The average Bonchev–Trinajstić information content (AvgIpc) is 2.81. The predicted octanol–water partition coefficient (Wildman–Crippen LogP) is 4.04. The molecule has 33 heavy (non-hydrogen) atoms. The third-order valence-corrected chi connectivity index (χ3v) is 6.44. The number of nitrogens with one attached hydrogen (secondary N) is 3. The molecular formula is C25H32N4O3S. The number of likely N-dealkylation sites (tertiary alicyclic amines) is 1. The number of carbonyl (C=O) groups excluding carboxylic acids is 3. The first-order valence-electron chi connectivity index (χ1n) is 11.2. The number of benzene rings is 2. The summed E-state index contributed by atoms with van der Waals surface area (Å²) < 4.78 is 0. The van der Waals surface area contributed by atoms with Crippen molar-refractivity contribution in [1.29, 1.82) is 0 Å². The number of hydrogen-bond donors (Lipinski definition) is 3. The Morgan fingerprint density at radius 3 is 2.15 bits per heavy atom. The zero-order valence-corrected chi connectivity index (χ0v) is 20.0. The van der Waals surface area contributed by atoms with E-state index in [1.54, 1.807) is 0 Å². The Bertz CT molecular complexity index is 947. The van der Waals surface area contributed by atoms with E-state index in [-0.39, 0.29) is 35.3 Å². The molecule has 0 bridgehead atoms. The molecule has 2 aromatic carbocycles. The maximum Gasteiger partial charge on any atom is 0.319 e. The smallest absolute Gasteiger partial charge is 0.319 e. The molecule has 1 aliphatic heterocycles. The maximum atomic E-state index is 12.6. The van der Waals surface area contributed by atoms with Crippen molar-refractivity contribution in [2.75, 3.05) is 41.8 Å². The summed E-state index contributed by atoms with van der Waals surface area (Å²) in [7, 11) is 0. The molecule has 0 aromatic heterocycles. The van der Waals surface area contributed by atoms with E-state index in [2.05, 4.69) is 16.0 Å². The van der Waals surface area contributed by atoms with Gasteiger partial charge in [-0.25, -0.2) is 4.79 Å². The van der Waals surface area contributed by atoms with Gasteiger partial charge in [-0.2, -0.15) is 0 Å². The molecule has 4 amide bonds. The Labute approximate surface area is 199 Å². The highest BCUT2D eigenvalue weighted by atomic mass is 32.2. The molecule has 1 fully saturated rings. The fraction of sp³-hybridized carbons (Fsp3) is 0.400. The Kier molecular flexibility index (Phi) is 9.18. The molecular weight excluding hydrogens is 436 g/mol. The van der Waals surface area contributed by atoms with E-state index in [9.17, 15) is 14.4 Å². The van der Waals surface area contributed by atoms with Crippen molar-refractivity contribution in [2.45, 2.75) is 26.7 Å². The number of amides is 4. The molecule has 1 unspecified atom stereocenters. The molecule has 8 heteroatoms. The Hall–Kier alpha value is -3.00. The SMILES string of the molecule is Cc1ccc(NC(=O)CSCC(=O)N2CCCC(CNC(=O)Nc3ccc(C)cc3)C2)cc1. The normalized spacial score (nSPS) is 15.6. The van der Waals surface area contributed by atoms with Crippen LogP contribution in [0, 0.1) is 19.8 Å². The molecule has 2 aromatic rings. The van der Waals surface area contributed by atoms with E-state index in [0.717, 1.165) is 41.9 Å². The van der Waals surface area contributed by atoms with Crippen LogP contribution in [0.5, 0.6) is 0 Å². The van der Waals surface area contributed by atoms with Crippen molar-refractivity contribution in [3.8, 4) is 0 Å². The van der Waals surface area contributed by atoms with Crippen LogP contribution in [0.3, 0.4) is 0 Å². The standard InChI is InChI=1S/C25H32N4O3S/c1-18-5-9-21(10-6-18)27-23(30)16-33-17-24(31)29-13-3-4-20(15-29)14-26-25(32)28-22-11-7-19(2)8-12-22/h5-12,20H,3-4,13-17H2,1-2H3,(H,27,30)(H2,26,28,32). The number of hydrogen-bond acceptors (Lipinski definition) is 4. The summed E-state index contributed by atoms with van der Waals surface area (Å²) in [6.07, 6.45) is 1.89. The van der Waals surface area contributed by atoms with E-state index >= 15 is 0 Å². The van der Waals surface area contributed by atoms with Crippen molar-refractivity contribution in [2.24, 2.45) is 5.92 Å². The number of urea groups is 1. The van der Waals surface area contributed by atoms with Gasteiger partial charge in [0.05, 0.1) is 11.5 Å². The van der Waals surface area contributed by atoms with Gasteiger partial charge in [0.15, 0.2) is 0 Å². The second kappa shape index (κ2) is 12.3.